The molecule has 100 valence electrons. The van der Waals surface area contributed by atoms with Gasteiger partial charge in [0.15, 0.2) is 0 Å². The maximum absolute atomic E-state index is 11.3. The van der Waals surface area contributed by atoms with Crippen molar-refractivity contribution < 1.29 is 19.4 Å². The lowest BCUT2D eigenvalue weighted by Gasteiger charge is -2.06. The molecule has 1 aliphatic rings. The predicted octanol–water partition coefficient (Wildman–Crippen LogP) is 2.61. The number of aliphatic carboxylic acids is 1. The van der Waals surface area contributed by atoms with E-state index in [2.05, 4.69) is 11.9 Å². The first-order chi connectivity index (χ1) is 9.11. The summed E-state index contributed by atoms with van der Waals surface area (Å²) in [6.45, 7) is 3.60. The molecule has 2 atom stereocenters. The lowest BCUT2D eigenvalue weighted by Crippen LogP contribution is -2.13. The molecule has 2 N–H and O–H groups in total. The topological polar surface area (TPSA) is 75.6 Å². The molecule has 5 nitrogen and oxygen atoms in total. The summed E-state index contributed by atoms with van der Waals surface area (Å²) in [5.41, 5.74) is 1.60. The molecule has 1 fully saturated rings. The number of hydrogen-bond donors (Lipinski definition) is 2. The summed E-state index contributed by atoms with van der Waals surface area (Å²) in [4.78, 5) is 22.1. The number of carboxylic acids is 1. The Hall–Kier alpha value is -2.30. The van der Waals surface area contributed by atoms with Crippen LogP contribution < -0.4 is 5.32 Å². The van der Waals surface area contributed by atoms with Crippen LogP contribution in [0.4, 0.5) is 10.5 Å². The second kappa shape index (κ2) is 5.56. The molecule has 1 amide bonds. The number of hydrogen-bond acceptors (Lipinski definition) is 3. The van der Waals surface area contributed by atoms with Gasteiger partial charge in [-0.25, -0.2) is 4.79 Å². The van der Waals surface area contributed by atoms with Crippen LogP contribution in [0.1, 0.15) is 17.9 Å². The number of anilines is 1. The quantitative estimate of drug-likeness (QED) is 0.799. The largest absolute Gasteiger partial charge is 0.481 e. The van der Waals surface area contributed by atoms with Gasteiger partial charge in [-0.05, 0) is 30.0 Å². The van der Waals surface area contributed by atoms with Crippen LogP contribution >= 0.6 is 0 Å². The molecule has 0 aliphatic heterocycles. The number of nitrogens with one attached hydrogen (secondary N) is 1. The highest BCUT2D eigenvalue weighted by Crippen LogP contribution is 2.47. The average Bonchev–Trinajstić information content (AvgIpc) is 3.17. The molecule has 19 heavy (non-hydrogen) atoms. The zero-order valence-corrected chi connectivity index (χ0v) is 10.3. The summed E-state index contributed by atoms with van der Waals surface area (Å²) in [5.74, 6) is -0.921. The molecular formula is C14H15NO4. The van der Waals surface area contributed by atoms with Gasteiger partial charge in [0, 0.05) is 5.69 Å². The van der Waals surface area contributed by atoms with E-state index in [1.54, 1.807) is 12.1 Å². The van der Waals surface area contributed by atoms with Crippen LogP contribution in [-0.2, 0) is 9.53 Å². The van der Waals surface area contributed by atoms with Crippen LogP contribution in [0.3, 0.4) is 0 Å². The summed E-state index contributed by atoms with van der Waals surface area (Å²) in [6.07, 6.45) is 1.63. The first kappa shape index (κ1) is 13.1. The van der Waals surface area contributed by atoms with Crippen molar-refractivity contribution in [1.29, 1.82) is 0 Å². The molecule has 0 spiro atoms. The number of carboxylic acid groups (broad SMARTS) is 1. The van der Waals surface area contributed by atoms with Gasteiger partial charge in [-0.15, -0.1) is 0 Å². The Labute approximate surface area is 110 Å². The summed E-state index contributed by atoms with van der Waals surface area (Å²) in [5, 5.41) is 11.4. The minimum Gasteiger partial charge on any atom is -0.481 e. The van der Waals surface area contributed by atoms with E-state index in [1.807, 2.05) is 12.1 Å². The van der Waals surface area contributed by atoms with E-state index in [0.717, 1.165) is 5.56 Å². The Morgan fingerprint density at radius 1 is 1.42 bits per heavy atom. The number of carbonyl (C=O) groups is 2. The van der Waals surface area contributed by atoms with E-state index in [-0.39, 0.29) is 18.4 Å². The smallest absolute Gasteiger partial charge is 0.411 e. The maximum atomic E-state index is 11.3. The van der Waals surface area contributed by atoms with Gasteiger partial charge in [0.25, 0.3) is 0 Å². The van der Waals surface area contributed by atoms with Crippen molar-refractivity contribution in [2.24, 2.45) is 5.92 Å². The fourth-order valence-electron chi connectivity index (χ4n) is 1.94. The minimum absolute atomic E-state index is 0.0965. The fourth-order valence-corrected chi connectivity index (χ4v) is 1.94. The van der Waals surface area contributed by atoms with Gasteiger partial charge < -0.3 is 9.84 Å². The molecule has 0 radical (unpaired) electrons. The number of ether oxygens (including phenoxy) is 1. The highest BCUT2D eigenvalue weighted by molar-refractivity contribution is 5.84. The summed E-state index contributed by atoms with van der Waals surface area (Å²) in [6, 6.07) is 7.14. The first-order valence-corrected chi connectivity index (χ1v) is 5.99. The summed E-state index contributed by atoms with van der Waals surface area (Å²) < 4.78 is 4.79. The normalized spacial score (nSPS) is 20.4. The molecule has 1 aliphatic carbocycles. The third-order valence-corrected chi connectivity index (χ3v) is 3.03. The van der Waals surface area contributed by atoms with Gasteiger partial charge in [0.2, 0.25) is 0 Å². The van der Waals surface area contributed by atoms with Gasteiger partial charge in [0.05, 0.1) is 5.92 Å². The van der Waals surface area contributed by atoms with Crippen LogP contribution in [0.15, 0.2) is 36.9 Å². The molecule has 0 saturated heterocycles. The van der Waals surface area contributed by atoms with Crippen molar-refractivity contribution in [2.45, 2.75) is 12.3 Å². The summed E-state index contributed by atoms with van der Waals surface area (Å²) >= 11 is 0. The zero-order valence-electron chi connectivity index (χ0n) is 10.3. The molecule has 5 heteroatoms. The SMILES string of the molecule is C=CCOC(=O)Nc1ccc([C@@H]2C[C@H]2C(=O)O)cc1. The Morgan fingerprint density at radius 3 is 2.63 bits per heavy atom. The van der Waals surface area contributed by atoms with Crippen LogP contribution in [0.25, 0.3) is 0 Å². The van der Waals surface area contributed by atoms with Crippen molar-refractivity contribution in [1.82, 2.24) is 0 Å². The first-order valence-electron chi connectivity index (χ1n) is 5.99. The Balaban J connectivity index is 1.90. The van der Waals surface area contributed by atoms with E-state index in [1.165, 1.54) is 6.08 Å². The lowest BCUT2D eigenvalue weighted by atomic mass is 10.1. The standard InChI is InChI=1S/C14H15NO4/c1-2-7-19-14(18)15-10-5-3-9(4-6-10)11-8-12(11)13(16)17/h2-6,11-12H,1,7-8H2,(H,15,18)(H,16,17)/t11-,12+/m0/s1. The van der Waals surface area contributed by atoms with Gasteiger partial charge in [-0.2, -0.15) is 0 Å². The van der Waals surface area contributed by atoms with E-state index in [4.69, 9.17) is 9.84 Å². The summed E-state index contributed by atoms with van der Waals surface area (Å²) in [7, 11) is 0. The van der Waals surface area contributed by atoms with Crippen LogP contribution in [0.2, 0.25) is 0 Å². The highest BCUT2D eigenvalue weighted by atomic mass is 16.5. The van der Waals surface area contributed by atoms with E-state index < -0.39 is 12.1 Å². The number of benzene rings is 1. The van der Waals surface area contributed by atoms with Gasteiger partial charge in [-0.1, -0.05) is 24.8 Å². The second-order valence-corrected chi connectivity index (χ2v) is 4.42. The second-order valence-electron chi connectivity index (χ2n) is 4.42. The molecule has 1 aromatic rings. The molecular weight excluding hydrogens is 246 g/mol. The van der Waals surface area contributed by atoms with Gasteiger partial charge >= 0.3 is 12.1 Å². The Kier molecular flexibility index (Phi) is 3.85. The third-order valence-electron chi connectivity index (χ3n) is 3.03. The van der Waals surface area contributed by atoms with Gasteiger partial charge in [-0.3, -0.25) is 10.1 Å². The molecule has 0 aromatic heterocycles. The molecule has 1 aromatic carbocycles. The van der Waals surface area contributed by atoms with Gasteiger partial charge in [0.1, 0.15) is 6.61 Å². The van der Waals surface area contributed by atoms with Crippen LogP contribution in [0.5, 0.6) is 0 Å². The predicted molar refractivity (Wildman–Crippen MR) is 70.1 cm³/mol. The maximum Gasteiger partial charge on any atom is 0.411 e. The van der Waals surface area contributed by atoms with Crippen molar-refractivity contribution in [3.63, 3.8) is 0 Å². The van der Waals surface area contributed by atoms with Crippen LogP contribution in [0, 0.1) is 5.92 Å². The van der Waals surface area contributed by atoms with Crippen molar-refractivity contribution in [2.75, 3.05) is 11.9 Å². The van der Waals surface area contributed by atoms with Crippen molar-refractivity contribution >= 4 is 17.7 Å². The monoisotopic (exact) mass is 261 g/mol. The molecule has 0 unspecified atom stereocenters. The average molecular weight is 261 g/mol. The van der Waals surface area contributed by atoms with E-state index >= 15 is 0 Å². The molecule has 0 bridgehead atoms. The van der Waals surface area contributed by atoms with Crippen molar-refractivity contribution in [3.05, 3.63) is 42.5 Å². The van der Waals surface area contributed by atoms with E-state index in [9.17, 15) is 9.59 Å². The Bertz CT molecular complexity index is 495. The molecule has 2 rings (SSSR count). The number of amides is 1. The zero-order chi connectivity index (χ0) is 13.8. The fraction of sp³-hybridized carbons (Fsp3) is 0.286. The molecule has 1 saturated carbocycles. The lowest BCUT2D eigenvalue weighted by molar-refractivity contribution is -0.138. The number of rotatable bonds is 5. The Morgan fingerprint density at radius 2 is 2.11 bits per heavy atom. The number of carbonyl (C=O) groups excluding carboxylic acids is 1. The third kappa shape index (κ3) is 3.34. The minimum atomic E-state index is -0.750. The van der Waals surface area contributed by atoms with Crippen molar-refractivity contribution in [3.8, 4) is 0 Å². The molecule has 0 heterocycles. The van der Waals surface area contributed by atoms with E-state index in [0.29, 0.717) is 12.1 Å². The van der Waals surface area contributed by atoms with Crippen LogP contribution in [-0.4, -0.2) is 23.8 Å². The highest BCUT2D eigenvalue weighted by Gasteiger charge is 2.43.